The van der Waals surface area contributed by atoms with Gasteiger partial charge in [0.15, 0.2) is 0 Å². The second kappa shape index (κ2) is 6.67. The molecule has 0 aliphatic rings. The molecule has 108 valence electrons. The molecule has 5 nitrogen and oxygen atoms in total. The van der Waals surface area contributed by atoms with Gasteiger partial charge in [-0.25, -0.2) is 4.79 Å². The van der Waals surface area contributed by atoms with E-state index in [0.29, 0.717) is 5.56 Å². The standard InChI is InChI=1S/C16H15NO4/c18-14(11-6-2-1-3-7-11)10-17-15(19)12-8-4-5-9-13(12)16(20)21/h1-9,14,18H,10H2,(H,17,19)(H,20,21)/t14-/m0/s1. The van der Waals surface area contributed by atoms with Gasteiger partial charge in [-0.2, -0.15) is 0 Å². The van der Waals surface area contributed by atoms with Crippen LogP contribution in [-0.2, 0) is 0 Å². The minimum atomic E-state index is -1.16. The van der Waals surface area contributed by atoms with E-state index in [9.17, 15) is 14.7 Å². The minimum Gasteiger partial charge on any atom is -0.478 e. The molecule has 0 heterocycles. The van der Waals surface area contributed by atoms with Crippen LogP contribution in [0.25, 0.3) is 0 Å². The Bertz CT molecular complexity index is 640. The molecule has 0 saturated carbocycles. The third kappa shape index (κ3) is 3.67. The average molecular weight is 285 g/mol. The lowest BCUT2D eigenvalue weighted by atomic mass is 10.1. The van der Waals surface area contributed by atoms with Gasteiger partial charge in [-0.3, -0.25) is 4.79 Å². The van der Waals surface area contributed by atoms with Crippen LogP contribution in [0.3, 0.4) is 0 Å². The van der Waals surface area contributed by atoms with Crippen molar-refractivity contribution >= 4 is 11.9 Å². The van der Waals surface area contributed by atoms with Crippen molar-refractivity contribution in [3.8, 4) is 0 Å². The third-order valence-electron chi connectivity index (χ3n) is 3.04. The first-order chi connectivity index (χ1) is 10.1. The Morgan fingerprint density at radius 1 is 0.952 bits per heavy atom. The summed E-state index contributed by atoms with van der Waals surface area (Å²) >= 11 is 0. The second-order valence-electron chi connectivity index (χ2n) is 4.49. The molecule has 0 unspecified atom stereocenters. The van der Waals surface area contributed by atoms with Crippen LogP contribution < -0.4 is 5.32 Å². The van der Waals surface area contributed by atoms with E-state index in [-0.39, 0.29) is 17.7 Å². The van der Waals surface area contributed by atoms with E-state index in [1.54, 1.807) is 36.4 Å². The predicted molar refractivity (Wildman–Crippen MR) is 77.1 cm³/mol. The monoisotopic (exact) mass is 285 g/mol. The van der Waals surface area contributed by atoms with Crippen molar-refractivity contribution in [2.45, 2.75) is 6.10 Å². The van der Waals surface area contributed by atoms with Crippen LogP contribution in [0, 0.1) is 0 Å². The fourth-order valence-electron chi connectivity index (χ4n) is 1.95. The number of aliphatic hydroxyl groups excluding tert-OH is 1. The molecular formula is C16H15NO4. The zero-order chi connectivity index (χ0) is 15.2. The molecule has 0 saturated heterocycles. The van der Waals surface area contributed by atoms with E-state index in [2.05, 4.69) is 5.32 Å². The number of carbonyl (C=O) groups is 2. The lowest BCUT2D eigenvalue weighted by Gasteiger charge is -2.13. The molecular weight excluding hydrogens is 270 g/mol. The Morgan fingerprint density at radius 2 is 1.52 bits per heavy atom. The molecule has 2 aromatic carbocycles. The quantitative estimate of drug-likeness (QED) is 0.782. The number of carboxylic acids is 1. The van der Waals surface area contributed by atoms with E-state index in [4.69, 9.17) is 5.11 Å². The van der Waals surface area contributed by atoms with Crippen LogP contribution in [-0.4, -0.2) is 28.6 Å². The summed E-state index contributed by atoms with van der Waals surface area (Å²) in [6.07, 6.45) is -0.841. The molecule has 0 aliphatic carbocycles. The number of carbonyl (C=O) groups excluding carboxylic acids is 1. The molecule has 1 amide bonds. The van der Waals surface area contributed by atoms with Crippen molar-refractivity contribution in [2.24, 2.45) is 0 Å². The highest BCUT2D eigenvalue weighted by Gasteiger charge is 2.16. The molecule has 0 bridgehead atoms. The van der Waals surface area contributed by atoms with Gasteiger partial charge >= 0.3 is 5.97 Å². The molecule has 0 radical (unpaired) electrons. The zero-order valence-electron chi connectivity index (χ0n) is 11.2. The SMILES string of the molecule is O=C(O)c1ccccc1C(=O)NC[C@H](O)c1ccccc1. The molecule has 21 heavy (non-hydrogen) atoms. The maximum Gasteiger partial charge on any atom is 0.336 e. The summed E-state index contributed by atoms with van der Waals surface area (Å²) in [6, 6.07) is 14.9. The van der Waals surface area contributed by atoms with Crippen molar-refractivity contribution in [2.75, 3.05) is 6.54 Å². The Kier molecular flexibility index (Phi) is 4.68. The van der Waals surface area contributed by atoms with Crippen LogP contribution in [0.4, 0.5) is 0 Å². The Hall–Kier alpha value is -2.66. The Balaban J connectivity index is 2.04. The van der Waals surface area contributed by atoms with Gasteiger partial charge in [-0.05, 0) is 17.7 Å². The summed E-state index contributed by atoms with van der Waals surface area (Å²) in [7, 11) is 0. The van der Waals surface area contributed by atoms with Gasteiger partial charge in [0.05, 0.1) is 17.2 Å². The van der Waals surface area contributed by atoms with Gasteiger partial charge < -0.3 is 15.5 Å². The molecule has 2 rings (SSSR count). The van der Waals surface area contributed by atoms with E-state index in [1.807, 2.05) is 6.07 Å². The van der Waals surface area contributed by atoms with Crippen LogP contribution in [0.5, 0.6) is 0 Å². The van der Waals surface area contributed by atoms with Crippen LogP contribution in [0.15, 0.2) is 54.6 Å². The maximum atomic E-state index is 12.0. The van der Waals surface area contributed by atoms with E-state index < -0.39 is 18.0 Å². The first-order valence-electron chi connectivity index (χ1n) is 6.43. The van der Waals surface area contributed by atoms with Gasteiger partial charge in [-0.1, -0.05) is 42.5 Å². The van der Waals surface area contributed by atoms with Crippen LogP contribution in [0.1, 0.15) is 32.4 Å². The summed E-state index contributed by atoms with van der Waals surface area (Å²) in [4.78, 5) is 23.1. The normalized spacial score (nSPS) is 11.7. The Labute approximate surface area is 121 Å². The second-order valence-corrected chi connectivity index (χ2v) is 4.49. The van der Waals surface area contributed by atoms with E-state index in [1.165, 1.54) is 12.1 Å². The number of rotatable bonds is 5. The lowest BCUT2D eigenvalue weighted by Crippen LogP contribution is -2.29. The number of amides is 1. The van der Waals surface area contributed by atoms with Crippen molar-refractivity contribution in [1.29, 1.82) is 0 Å². The highest BCUT2D eigenvalue weighted by atomic mass is 16.4. The minimum absolute atomic E-state index is 0.0107. The lowest BCUT2D eigenvalue weighted by molar-refractivity contribution is 0.0690. The third-order valence-corrected chi connectivity index (χ3v) is 3.04. The summed E-state index contributed by atoms with van der Waals surface area (Å²) in [5.74, 6) is -1.69. The maximum absolute atomic E-state index is 12.0. The number of aromatic carboxylic acids is 1. The van der Waals surface area contributed by atoms with E-state index in [0.717, 1.165) is 0 Å². The van der Waals surface area contributed by atoms with Gasteiger partial charge in [0.2, 0.25) is 0 Å². The number of hydrogen-bond donors (Lipinski definition) is 3. The van der Waals surface area contributed by atoms with Gasteiger partial charge in [0, 0.05) is 6.54 Å². The topological polar surface area (TPSA) is 86.6 Å². The van der Waals surface area contributed by atoms with Crippen molar-refractivity contribution < 1.29 is 19.8 Å². The average Bonchev–Trinajstić information content (AvgIpc) is 2.53. The molecule has 5 heteroatoms. The molecule has 0 spiro atoms. The summed E-state index contributed by atoms with van der Waals surface area (Å²) in [5, 5.41) is 21.5. The van der Waals surface area contributed by atoms with Gasteiger partial charge in [-0.15, -0.1) is 0 Å². The summed E-state index contributed by atoms with van der Waals surface area (Å²) in [5.41, 5.74) is 0.693. The Morgan fingerprint density at radius 3 is 2.14 bits per heavy atom. The number of aliphatic hydroxyl groups is 1. The van der Waals surface area contributed by atoms with Crippen molar-refractivity contribution in [3.63, 3.8) is 0 Å². The van der Waals surface area contributed by atoms with Crippen molar-refractivity contribution in [1.82, 2.24) is 5.32 Å². The number of nitrogens with one attached hydrogen (secondary N) is 1. The van der Waals surface area contributed by atoms with Gasteiger partial charge in [0.25, 0.3) is 5.91 Å². The molecule has 1 atom stereocenters. The van der Waals surface area contributed by atoms with Crippen LogP contribution >= 0.6 is 0 Å². The van der Waals surface area contributed by atoms with Crippen LogP contribution in [0.2, 0.25) is 0 Å². The number of hydrogen-bond acceptors (Lipinski definition) is 3. The molecule has 3 N–H and O–H groups in total. The van der Waals surface area contributed by atoms with Gasteiger partial charge in [0.1, 0.15) is 0 Å². The smallest absolute Gasteiger partial charge is 0.336 e. The largest absolute Gasteiger partial charge is 0.478 e. The summed E-state index contributed by atoms with van der Waals surface area (Å²) < 4.78 is 0. The van der Waals surface area contributed by atoms with E-state index >= 15 is 0 Å². The van der Waals surface area contributed by atoms with Crippen molar-refractivity contribution in [3.05, 3.63) is 71.3 Å². The molecule has 0 aromatic heterocycles. The highest BCUT2D eigenvalue weighted by Crippen LogP contribution is 2.12. The predicted octanol–water partition coefficient (Wildman–Crippen LogP) is 1.85. The molecule has 2 aromatic rings. The first-order valence-corrected chi connectivity index (χ1v) is 6.43. The summed E-state index contributed by atoms with van der Waals surface area (Å²) in [6.45, 7) is 0.0107. The fourth-order valence-corrected chi connectivity index (χ4v) is 1.95. The highest BCUT2D eigenvalue weighted by molar-refractivity contribution is 6.04. The fraction of sp³-hybridized carbons (Fsp3) is 0.125. The first kappa shape index (κ1) is 14.7. The molecule has 0 fully saturated rings. The molecule has 0 aliphatic heterocycles. The number of carboxylic acid groups (broad SMARTS) is 1. The number of benzene rings is 2. The zero-order valence-corrected chi connectivity index (χ0v) is 11.2.